The summed E-state index contributed by atoms with van der Waals surface area (Å²) in [5.74, 6) is 5.92. The van der Waals surface area contributed by atoms with E-state index in [0.717, 1.165) is 22.4 Å². The molecule has 0 saturated carbocycles. The van der Waals surface area contributed by atoms with Crippen molar-refractivity contribution in [2.75, 3.05) is 12.0 Å². The topological polar surface area (TPSA) is 84.1 Å². The Morgan fingerprint density at radius 3 is 2.46 bits per heavy atom. The summed E-state index contributed by atoms with van der Waals surface area (Å²) in [6, 6.07) is 19.7. The number of rotatable bonds is 3. The fraction of sp³-hybridized carbons (Fsp3) is 0.150. The Morgan fingerprint density at radius 2 is 1.73 bits per heavy atom. The molecule has 1 amide bonds. The first-order valence-corrected chi connectivity index (χ1v) is 8.51. The Hall–Kier alpha value is -3.25. The quantitative estimate of drug-likeness (QED) is 0.563. The van der Waals surface area contributed by atoms with E-state index in [0.29, 0.717) is 30.9 Å². The molecular formula is C20H19N5O. The van der Waals surface area contributed by atoms with Crippen LogP contribution in [-0.4, -0.2) is 27.5 Å². The molecule has 0 unspecified atom stereocenters. The molecule has 1 aliphatic heterocycles. The van der Waals surface area contributed by atoms with Gasteiger partial charge in [0.15, 0.2) is 5.82 Å². The van der Waals surface area contributed by atoms with E-state index in [-0.39, 0.29) is 5.91 Å². The second kappa shape index (κ2) is 6.93. The largest absolute Gasteiger partial charge is 0.334 e. The minimum absolute atomic E-state index is 0.0225. The molecule has 1 aromatic heterocycles. The van der Waals surface area contributed by atoms with Gasteiger partial charge in [0.05, 0.1) is 5.69 Å². The van der Waals surface area contributed by atoms with Gasteiger partial charge in [-0.1, -0.05) is 42.5 Å². The number of aromatic nitrogens is 2. The van der Waals surface area contributed by atoms with Gasteiger partial charge in [0.2, 0.25) is 0 Å². The van der Waals surface area contributed by atoms with E-state index in [4.69, 9.17) is 5.84 Å². The Balaban J connectivity index is 1.53. The Morgan fingerprint density at radius 1 is 1.00 bits per heavy atom. The Labute approximate surface area is 151 Å². The van der Waals surface area contributed by atoms with Crippen LogP contribution >= 0.6 is 0 Å². The van der Waals surface area contributed by atoms with Crippen molar-refractivity contribution in [2.45, 2.75) is 13.0 Å². The standard InChI is InChI=1S/C20H19N5O/c21-22-19-12-17-13-25(11-10-18(17)23-24-19)20(26)16-8-6-15(7-9-16)14-4-2-1-3-5-14/h1-9,12H,10-11,13,21H2,(H,22,24). The molecule has 26 heavy (non-hydrogen) atoms. The number of nitrogens with one attached hydrogen (secondary N) is 1. The fourth-order valence-corrected chi connectivity index (χ4v) is 3.19. The van der Waals surface area contributed by atoms with Crippen LogP contribution in [0.4, 0.5) is 5.82 Å². The number of benzene rings is 2. The average molecular weight is 345 g/mol. The predicted molar refractivity (Wildman–Crippen MR) is 100 cm³/mol. The molecule has 0 atom stereocenters. The number of hydrogen-bond donors (Lipinski definition) is 2. The number of carbonyl (C=O) groups is 1. The first-order valence-electron chi connectivity index (χ1n) is 8.51. The first kappa shape index (κ1) is 16.2. The third-order valence-corrected chi connectivity index (χ3v) is 4.61. The van der Waals surface area contributed by atoms with Gasteiger partial charge < -0.3 is 10.3 Å². The summed E-state index contributed by atoms with van der Waals surface area (Å²) < 4.78 is 0. The third-order valence-electron chi connectivity index (χ3n) is 4.61. The van der Waals surface area contributed by atoms with Crippen molar-refractivity contribution in [2.24, 2.45) is 5.84 Å². The van der Waals surface area contributed by atoms with Gasteiger partial charge in [0.25, 0.3) is 5.91 Å². The molecule has 130 valence electrons. The van der Waals surface area contributed by atoms with Crippen molar-refractivity contribution in [3.63, 3.8) is 0 Å². The highest BCUT2D eigenvalue weighted by Crippen LogP contribution is 2.23. The Bertz CT molecular complexity index is 925. The summed E-state index contributed by atoms with van der Waals surface area (Å²) in [5.41, 5.74) is 7.32. The molecule has 1 aliphatic rings. The third kappa shape index (κ3) is 3.14. The first-order chi connectivity index (χ1) is 12.7. The van der Waals surface area contributed by atoms with Crippen molar-refractivity contribution in [3.8, 4) is 11.1 Å². The molecule has 0 fully saturated rings. The molecule has 0 saturated heterocycles. The van der Waals surface area contributed by atoms with E-state index >= 15 is 0 Å². The maximum absolute atomic E-state index is 12.9. The lowest BCUT2D eigenvalue weighted by atomic mass is 10.0. The van der Waals surface area contributed by atoms with Gasteiger partial charge >= 0.3 is 0 Å². The number of nitrogen functional groups attached to an aromatic ring is 1. The van der Waals surface area contributed by atoms with E-state index in [9.17, 15) is 4.79 Å². The highest BCUT2D eigenvalue weighted by Gasteiger charge is 2.23. The summed E-state index contributed by atoms with van der Waals surface area (Å²) in [7, 11) is 0. The zero-order valence-corrected chi connectivity index (χ0v) is 14.2. The van der Waals surface area contributed by atoms with Gasteiger partial charge in [0, 0.05) is 25.1 Å². The van der Waals surface area contributed by atoms with Crippen LogP contribution in [0.3, 0.4) is 0 Å². The van der Waals surface area contributed by atoms with E-state index in [1.165, 1.54) is 0 Å². The molecule has 4 rings (SSSR count). The second-order valence-electron chi connectivity index (χ2n) is 6.27. The van der Waals surface area contributed by atoms with E-state index in [2.05, 4.69) is 27.8 Å². The predicted octanol–water partition coefficient (Wildman–Crippen LogP) is 2.63. The summed E-state index contributed by atoms with van der Waals surface area (Å²) in [4.78, 5) is 14.7. The van der Waals surface area contributed by atoms with Crippen molar-refractivity contribution in [3.05, 3.63) is 77.5 Å². The lowest BCUT2D eigenvalue weighted by Gasteiger charge is -2.28. The molecule has 6 nitrogen and oxygen atoms in total. The van der Waals surface area contributed by atoms with Gasteiger partial charge in [-0.25, -0.2) is 5.84 Å². The maximum atomic E-state index is 12.9. The molecule has 2 heterocycles. The van der Waals surface area contributed by atoms with Crippen molar-refractivity contribution in [1.82, 2.24) is 15.1 Å². The van der Waals surface area contributed by atoms with Crippen LogP contribution in [-0.2, 0) is 13.0 Å². The molecular weight excluding hydrogens is 326 g/mol. The molecule has 3 aromatic rings. The number of nitrogens with two attached hydrogens (primary N) is 1. The minimum atomic E-state index is 0.0225. The molecule has 0 bridgehead atoms. The molecule has 3 N–H and O–H groups in total. The zero-order valence-electron chi connectivity index (χ0n) is 14.2. The number of anilines is 1. The summed E-state index contributed by atoms with van der Waals surface area (Å²) >= 11 is 0. The fourth-order valence-electron chi connectivity index (χ4n) is 3.19. The van der Waals surface area contributed by atoms with E-state index in [1.54, 1.807) is 0 Å². The molecule has 0 spiro atoms. The SMILES string of the molecule is NNc1cc2c(nn1)CCN(C(=O)c1ccc(-c3ccccc3)cc1)C2. The molecule has 2 aromatic carbocycles. The summed E-state index contributed by atoms with van der Waals surface area (Å²) in [6.45, 7) is 1.15. The van der Waals surface area contributed by atoms with Crippen LogP contribution in [0.15, 0.2) is 60.7 Å². The number of amides is 1. The van der Waals surface area contributed by atoms with Crippen molar-refractivity contribution < 1.29 is 4.79 Å². The number of hydrazine groups is 1. The van der Waals surface area contributed by atoms with Gasteiger partial charge in [-0.15, -0.1) is 5.10 Å². The number of nitrogens with zero attached hydrogens (tertiary/aromatic N) is 3. The van der Waals surface area contributed by atoms with Crippen LogP contribution in [0.25, 0.3) is 11.1 Å². The van der Waals surface area contributed by atoms with Crippen LogP contribution < -0.4 is 11.3 Å². The highest BCUT2D eigenvalue weighted by atomic mass is 16.2. The molecule has 0 aliphatic carbocycles. The second-order valence-corrected chi connectivity index (χ2v) is 6.27. The number of fused-ring (bicyclic) bond motifs is 1. The highest BCUT2D eigenvalue weighted by molar-refractivity contribution is 5.94. The smallest absolute Gasteiger partial charge is 0.254 e. The lowest BCUT2D eigenvalue weighted by molar-refractivity contribution is 0.0733. The van der Waals surface area contributed by atoms with Gasteiger partial charge in [-0.3, -0.25) is 4.79 Å². The molecule has 0 radical (unpaired) electrons. The van der Waals surface area contributed by atoms with Gasteiger partial charge in [0.1, 0.15) is 0 Å². The maximum Gasteiger partial charge on any atom is 0.254 e. The lowest BCUT2D eigenvalue weighted by Crippen LogP contribution is -2.36. The monoisotopic (exact) mass is 345 g/mol. The van der Waals surface area contributed by atoms with Crippen molar-refractivity contribution in [1.29, 1.82) is 0 Å². The zero-order chi connectivity index (χ0) is 17.9. The minimum Gasteiger partial charge on any atom is -0.334 e. The van der Waals surface area contributed by atoms with E-state index in [1.807, 2.05) is 53.4 Å². The molecule has 6 heteroatoms. The van der Waals surface area contributed by atoms with Crippen molar-refractivity contribution >= 4 is 11.7 Å². The number of carbonyl (C=O) groups excluding carboxylic acids is 1. The van der Waals surface area contributed by atoms with Crippen LogP contribution in [0, 0.1) is 0 Å². The average Bonchev–Trinajstić information content (AvgIpc) is 2.73. The number of hydrogen-bond acceptors (Lipinski definition) is 5. The van der Waals surface area contributed by atoms with Gasteiger partial charge in [-0.2, -0.15) is 5.10 Å². The van der Waals surface area contributed by atoms with Crippen LogP contribution in [0.2, 0.25) is 0 Å². The Kier molecular flexibility index (Phi) is 4.33. The normalized spacial score (nSPS) is 13.2. The summed E-state index contributed by atoms with van der Waals surface area (Å²) in [6.07, 6.45) is 0.695. The summed E-state index contributed by atoms with van der Waals surface area (Å²) in [5, 5.41) is 8.16. The van der Waals surface area contributed by atoms with Gasteiger partial charge in [-0.05, 0) is 34.9 Å². The van der Waals surface area contributed by atoms with E-state index < -0.39 is 0 Å². The van der Waals surface area contributed by atoms with Crippen LogP contribution in [0.1, 0.15) is 21.6 Å². The van der Waals surface area contributed by atoms with Crippen LogP contribution in [0.5, 0.6) is 0 Å².